The van der Waals surface area contributed by atoms with Crippen LogP contribution in [0.4, 0.5) is 5.69 Å². The highest BCUT2D eigenvalue weighted by Crippen LogP contribution is 2.46. The van der Waals surface area contributed by atoms with Gasteiger partial charge in [0.1, 0.15) is 4.32 Å². The number of rotatable bonds is 4. The highest BCUT2D eigenvalue weighted by atomic mass is 79.9. The monoisotopic (exact) mass is 486 g/mol. The van der Waals surface area contributed by atoms with Crippen molar-refractivity contribution in [2.75, 3.05) is 4.90 Å². The Hall–Kier alpha value is -1.96. The third kappa shape index (κ3) is 3.56. The zero-order valence-electron chi connectivity index (χ0n) is 16.0. The molecule has 2 aromatic carbocycles. The fourth-order valence-corrected chi connectivity index (χ4v) is 5.43. The molecule has 4 nitrogen and oxygen atoms in total. The quantitative estimate of drug-likeness (QED) is 0.430. The molecule has 2 amide bonds. The van der Waals surface area contributed by atoms with Crippen LogP contribution in [0.1, 0.15) is 31.4 Å². The second kappa shape index (κ2) is 8.05. The number of anilines is 1. The molecule has 1 atom stereocenters. The summed E-state index contributed by atoms with van der Waals surface area (Å²) >= 11 is 10.2. The lowest BCUT2D eigenvalue weighted by Crippen LogP contribution is -2.36. The van der Waals surface area contributed by atoms with Crippen molar-refractivity contribution in [1.82, 2.24) is 4.90 Å². The molecular weight excluding hydrogens is 468 g/mol. The second-order valence-electron chi connectivity index (χ2n) is 7.04. The predicted octanol–water partition coefficient (Wildman–Crippen LogP) is 5.37. The number of benzene rings is 2. The number of fused-ring (bicyclic) bond motifs is 1. The molecule has 2 aliphatic heterocycles. The van der Waals surface area contributed by atoms with Gasteiger partial charge in [-0.3, -0.25) is 14.5 Å². The zero-order chi connectivity index (χ0) is 20.7. The Kier molecular flexibility index (Phi) is 5.64. The van der Waals surface area contributed by atoms with E-state index >= 15 is 0 Å². The lowest BCUT2D eigenvalue weighted by atomic mass is 10.1. The number of thioether (sulfide) groups is 1. The minimum Gasteiger partial charge on any atom is -0.303 e. The van der Waals surface area contributed by atoms with Gasteiger partial charge < -0.3 is 4.90 Å². The number of amides is 2. The van der Waals surface area contributed by atoms with E-state index in [0.29, 0.717) is 21.3 Å². The summed E-state index contributed by atoms with van der Waals surface area (Å²) in [6, 6.07) is 15.6. The smallest absolute Gasteiger partial charge is 0.267 e. The third-order valence-corrected chi connectivity index (χ3v) is 7.11. The number of thiocarbonyl (C=S) groups is 1. The summed E-state index contributed by atoms with van der Waals surface area (Å²) in [7, 11) is 0. The molecule has 0 spiro atoms. The van der Waals surface area contributed by atoms with Crippen molar-refractivity contribution < 1.29 is 9.59 Å². The van der Waals surface area contributed by atoms with Gasteiger partial charge in [-0.2, -0.15) is 0 Å². The van der Waals surface area contributed by atoms with E-state index < -0.39 is 0 Å². The van der Waals surface area contributed by atoms with E-state index in [4.69, 9.17) is 12.2 Å². The maximum Gasteiger partial charge on any atom is 0.267 e. The largest absolute Gasteiger partial charge is 0.303 e. The van der Waals surface area contributed by atoms with Crippen molar-refractivity contribution in [2.24, 2.45) is 0 Å². The molecule has 7 heteroatoms. The summed E-state index contributed by atoms with van der Waals surface area (Å²) in [5.41, 5.74) is 3.05. The zero-order valence-corrected chi connectivity index (χ0v) is 19.2. The number of hydrogen-bond donors (Lipinski definition) is 0. The van der Waals surface area contributed by atoms with Crippen LogP contribution >= 0.6 is 39.9 Å². The van der Waals surface area contributed by atoms with Crippen LogP contribution in [0, 0.1) is 0 Å². The predicted molar refractivity (Wildman–Crippen MR) is 125 cm³/mol. The first kappa shape index (κ1) is 20.3. The van der Waals surface area contributed by atoms with Gasteiger partial charge in [0.25, 0.3) is 11.8 Å². The van der Waals surface area contributed by atoms with Crippen LogP contribution in [-0.4, -0.2) is 27.1 Å². The molecule has 1 unspecified atom stereocenters. The molecule has 2 heterocycles. The maximum absolute atomic E-state index is 13.5. The number of carbonyl (C=O) groups is 2. The molecule has 0 bridgehead atoms. The Labute approximate surface area is 188 Å². The summed E-state index contributed by atoms with van der Waals surface area (Å²) in [6.07, 6.45) is 0.797. The Morgan fingerprint density at radius 3 is 2.52 bits per heavy atom. The van der Waals surface area contributed by atoms with Crippen LogP contribution in [-0.2, 0) is 16.1 Å². The number of halogens is 1. The third-order valence-electron chi connectivity index (χ3n) is 5.22. The maximum atomic E-state index is 13.5. The van der Waals surface area contributed by atoms with E-state index in [1.54, 1.807) is 9.80 Å². The van der Waals surface area contributed by atoms with E-state index in [1.165, 1.54) is 11.8 Å². The van der Waals surface area contributed by atoms with Gasteiger partial charge >= 0.3 is 0 Å². The summed E-state index contributed by atoms with van der Waals surface area (Å²) in [6.45, 7) is 4.44. The SMILES string of the molecule is CCC(C)N1C(=O)C(=C2C(=O)N(Cc3ccccc3)c3ccc(Br)cc32)SC1=S. The molecule has 0 aliphatic carbocycles. The van der Waals surface area contributed by atoms with Crippen molar-refractivity contribution in [1.29, 1.82) is 0 Å². The van der Waals surface area contributed by atoms with Crippen LogP contribution in [0.2, 0.25) is 0 Å². The highest BCUT2D eigenvalue weighted by Gasteiger charge is 2.43. The van der Waals surface area contributed by atoms with Gasteiger partial charge in [-0.05, 0) is 37.1 Å². The lowest BCUT2D eigenvalue weighted by Gasteiger charge is -2.21. The first-order valence-corrected chi connectivity index (χ1v) is 11.4. The Balaban J connectivity index is 1.82. The van der Waals surface area contributed by atoms with Gasteiger partial charge in [0.05, 0.1) is 22.7 Å². The van der Waals surface area contributed by atoms with Gasteiger partial charge in [0.2, 0.25) is 0 Å². The Morgan fingerprint density at radius 1 is 1.10 bits per heavy atom. The van der Waals surface area contributed by atoms with E-state index in [1.807, 2.05) is 62.4 Å². The molecule has 0 radical (unpaired) electrons. The van der Waals surface area contributed by atoms with Crippen molar-refractivity contribution in [3.63, 3.8) is 0 Å². The van der Waals surface area contributed by atoms with Gasteiger partial charge in [-0.25, -0.2) is 0 Å². The standard InChI is InChI=1S/C22H19BrN2O2S2/c1-3-13(2)25-21(27)19(29-22(25)28)18-16-11-15(23)9-10-17(16)24(20(18)26)12-14-7-5-4-6-8-14/h4-11,13H,3,12H2,1-2H3. The summed E-state index contributed by atoms with van der Waals surface area (Å²) in [5, 5.41) is 0. The van der Waals surface area contributed by atoms with Crippen LogP contribution in [0.25, 0.3) is 5.57 Å². The average Bonchev–Trinajstić information content (AvgIpc) is 3.14. The minimum absolute atomic E-state index is 0.000457. The van der Waals surface area contributed by atoms with Crippen molar-refractivity contribution in [2.45, 2.75) is 32.9 Å². The van der Waals surface area contributed by atoms with Crippen LogP contribution in [0.5, 0.6) is 0 Å². The van der Waals surface area contributed by atoms with Gasteiger partial charge in [-0.1, -0.05) is 77.2 Å². The number of carbonyl (C=O) groups excluding carboxylic acids is 2. The Morgan fingerprint density at radius 2 is 1.83 bits per heavy atom. The molecule has 4 rings (SSSR count). The second-order valence-corrected chi connectivity index (χ2v) is 9.60. The topological polar surface area (TPSA) is 40.6 Å². The highest BCUT2D eigenvalue weighted by molar-refractivity contribution is 9.10. The fourth-order valence-electron chi connectivity index (χ4n) is 3.54. The number of hydrogen-bond acceptors (Lipinski definition) is 4. The molecular formula is C22H19BrN2O2S2. The van der Waals surface area contributed by atoms with E-state index in [0.717, 1.165) is 27.7 Å². The van der Waals surface area contributed by atoms with Crippen LogP contribution < -0.4 is 4.90 Å². The first-order valence-electron chi connectivity index (χ1n) is 9.37. The Bertz CT molecular complexity index is 1050. The van der Waals surface area contributed by atoms with Crippen molar-refractivity contribution in [3.05, 3.63) is 69.0 Å². The van der Waals surface area contributed by atoms with Gasteiger partial charge in [0, 0.05) is 16.1 Å². The molecule has 1 saturated heterocycles. The van der Waals surface area contributed by atoms with Crippen molar-refractivity contribution in [3.8, 4) is 0 Å². The van der Waals surface area contributed by atoms with Crippen LogP contribution in [0.3, 0.4) is 0 Å². The van der Waals surface area contributed by atoms with Gasteiger partial charge in [-0.15, -0.1) is 0 Å². The van der Waals surface area contributed by atoms with Crippen LogP contribution in [0.15, 0.2) is 57.9 Å². The van der Waals surface area contributed by atoms with E-state index in [9.17, 15) is 9.59 Å². The van der Waals surface area contributed by atoms with Gasteiger partial charge in [0.15, 0.2) is 0 Å². The summed E-state index contributed by atoms with van der Waals surface area (Å²) in [4.78, 5) is 30.5. The molecule has 0 saturated carbocycles. The van der Waals surface area contributed by atoms with Crippen molar-refractivity contribution >= 4 is 67.3 Å². The molecule has 29 heavy (non-hydrogen) atoms. The van der Waals surface area contributed by atoms with E-state index in [2.05, 4.69) is 15.9 Å². The fraction of sp³-hybridized carbons (Fsp3) is 0.227. The molecule has 148 valence electrons. The minimum atomic E-state index is -0.176. The summed E-state index contributed by atoms with van der Waals surface area (Å²) < 4.78 is 1.37. The molecule has 1 fully saturated rings. The number of nitrogens with zero attached hydrogens (tertiary/aromatic N) is 2. The first-order chi connectivity index (χ1) is 13.9. The normalized spacial score (nSPS) is 19.9. The van der Waals surface area contributed by atoms with E-state index in [-0.39, 0.29) is 17.9 Å². The molecule has 2 aliphatic rings. The molecule has 2 aromatic rings. The molecule has 0 aromatic heterocycles. The lowest BCUT2D eigenvalue weighted by molar-refractivity contribution is -0.123. The summed E-state index contributed by atoms with van der Waals surface area (Å²) in [5.74, 6) is -0.336. The molecule has 0 N–H and O–H groups in total. The average molecular weight is 487 g/mol.